The third kappa shape index (κ3) is 14.4. The number of carbonyl (C=O) groups is 4. The van der Waals surface area contributed by atoms with E-state index in [9.17, 15) is 24.3 Å². The van der Waals surface area contributed by atoms with Gasteiger partial charge in [0.2, 0.25) is 5.91 Å². The topological polar surface area (TPSA) is 141 Å². The molecule has 276 valence electrons. The number of allylic oxidation sites excluding steroid dienone is 2. The van der Waals surface area contributed by atoms with E-state index in [1.165, 1.54) is 13.0 Å². The minimum atomic E-state index is -0.792. The van der Waals surface area contributed by atoms with Gasteiger partial charge in [-0.1, -0.05) is 50.0 Å². The van der Waals surface area contributed by atoms with Crippen LogP contribution < -0.4 is 5.32 Å². The van der Waals surface area contributed by atoms with Crippen molar-refractivity contribution in [3.63, 3.8) is 0 Å². The predicted molar refractivity (Wildman–Crippen MR) is 191 cm³/mol. The van der Waals surface area contributed by atoms with E-state index in [0.29, 0.717) is 50.2 Å². The third-order valence-electron chi connectivity index (χ3n) is 9.60. The first-order chi connectivity index (χ1) is 23.3. The lowest BCUT2D eigenvalue weighted by molar-refractivity contribution is -0.144. The maximum absolute atomic E-state index is 12.8. The van der Waals surface area contributed by atoms with Crippen molar-refractivity contribution in [2.75, 3.05) is 18.6 Å². The molecule has 10 nitrogen and oxygen atoms in total. The molecule has 3 aliphatic rings. The van der Waals surface area contributed by atoms with Crippen LogP contribution in [0.1, 0.15) is 105 Å². The number of hydrogen-bond acceptors (Lipinski definition) is 10. The van der Waals surface area contributed by atoms with Crippen LogP contribution in [0, 0.1) is 5.92 Å². The second-order valence-corrected chi connectivity index (χ2v) is 15.0. The Bertz CT molecular complexity index is 1200. The van der Waals surface area contributed by atoms with Crippen LogP contribution in [0.2, 0.25) is 0 Å². The van der Waals surface area contributed by atoms with E-state index in [0.717, 1.165) is 44.1 Å². The van der Waals surface area contributed by atoms with Gasteiger partial charge in [-0.2, -0.15) is 11.8 Å². The van der Waals surface area contributed by atoms with Gasteiger partial charge in [-0.05, 0) is 64.7 Å². The van der Waals surface area contributed by atoms with Gasteiger partial charge in [0, 0.05) is 38.7 Å². The summed E-state index contributed by atoms with van der Waals surface area (Å²) < 4.78 is 23.3. The molecule has 1 spiro atoms. The normalized spacial score (nSPS) is 30.8. The van der Waals surface area contributed by atoms with Crippen molar-refractivity contribution in [3.05, 3.63) is 36.0 Å². The van der Waals surface area contributed by atoms with Crippen molar-refractivity contribution in [1.29, 1.82) is 0 Å². The molecular weight excluding hydrogens is 646 g/mol. The minimum absolute atomic E-state index is 0.00439. The molecule has 0 saturated carbocycles. The SMILES string of the molecule is CSCC(=O)CCCCCCCC(=O)C[C@@H]1C[C@]2(CO2)[C@H](O)[C@@H](/C=C/C(C)=C/C[C@@H]2O[C@H](C)[C@H](NC(=O)/C=C\[C@H](C)OC(C)=O)C[C@@H]2C)O1. The lowest BCUT2D eigenvalue weighted by Gasteiger charge is -2.39. The maximum Gasteiger partial charge on any atom is 0.303 e. The van der Waals surface area contributed by atoms with Gasteiger partial charge < -0.3 is 29.4 Å². The summed E-state index contributed by atoms with van der Waals surface area (Å²) in [6.45, 7) is 9.59. The highest BCUT2D eigenvalue weighted by molar-refractivity contribution is 7.99. The number of amides is 1. The molecule has 0 aromatic carbocycles. The largest absolute Gasteiger partial charge is 0.459 e. The van der Waals surface area contributed by atoms with E-state index in [4.69, 9.17) is 18.9 Å². The number of ether oxygens (including phenoxy) is 4. The fourth-order valence-electron chi connectivity index (χ4n) is 6.65. The Morgan fingerprint density at radius 2 is 1.69 bits per heavy atom. The summed E-state index contributed by atoms with van der Waals surface area (Å²) in [6.07, 6.45) is 16.8. The minimum Gasteiger partial charge on any atom is -0.459 e. The van der Waals surface area contributed by atoms with Crippen LogP contribution in [-0.4, -0.2) is 95.4 Å². The molecule has 49 heavy (non-hydrogen) atoms. The molecule has 9 atom stereocenters. The van der Waals surface area contributed by atoms with Crippen molar-refractivity contribution in [2.45, 2.75) is 154 Å². The van der Waals surface area contributed by atoms with Crippen LogP contribution in [0.15, 0.2) is 36.0 Å². The van der Waals surface area contributed by atoms with E-state index in [2.05, 4.69) is 18.3 Å². The number of aliphatic hydroxyl groups is 1. The quantitative estimate of drug-likeness (QED) is 0.0541. The van der Waals surface area contributed by atoms with Crippen LogP contribution >= 0.6 is 11.8 Å². The van der Waals surface area contributed by atoms with Crippen molar-refractivity contribution in [1.82, 2.24) is 5.32 Å². The lowest BCUT2D eigenvalue weighted by atomic mass is 9.86. The van der Waals surface area contributed by atoms with Crippen molar-refractivity contribution >= 4 is 35.2 Å². The van der Waals surface area contributed by atoms with E-state index in [1.54, 1.807) is 24.8 Å². The number of Topliss-reactive ketones (excluding diaryl/α,β-unsaturated/α-hetero) is 2. The van der Waals surface area contributed by atoms with Crippen molar-refractivity contribution in [3.8, 4) is 0 Å². The second kappa shape index (κ2) is 20.5. The molecule has 3 fully saturated rings. The molecular formula is C38H59NO9S. The zero-order valence-corrected chi connectivity index (χ0v) is 31.1. The number of rotatable bonds is 20. The summed E-state index contributed by atoms with van der Waals surface area (Å²) in [5.74, 6) is 0.653. The van der Waals surface area contributed by atoms with Gasteiger partial charge in [0.05, 0.1) is 36.7 Å². The molecule has 3 saturated heterocycles. The van der Waals surface area contributed by atoms with E-state index < -0.39 is 29.9 Å². The molecule has 3 aliphatic heterocycles. The molecule has 1 amide bonds. The van der Waals surface area contributed by atoms with Gasteiger partial charge in [-0.25, -0.2) is 0 Å². The number of thioether (sulfide) groups is 1. The summed E-state index contributed by atoms with van der Waals surface area (Å²) in [5.41, 5.74) is 0.382. The summed E-state index contributed by atoms with van der Waals surface area (Å²) in [5, 5.41) is 14.0. The molecule has 3 heterocycles. The van der Waals surface area contributed by atoms with Gasteiger partial charge in [0.25, 0.3) is 0 Å². The van der Waals surface area contributed by atoms with Crippen molar-refractivity contribution in [2.24, 2.45) is 5.92 Å². The maximum atomic E-state index is 12.8. The average molecular weight is 706 g/mol. The standard InChI is InChI=1S/C38H59NO9S/c1-25(14-17-34-26(2)20-33(28(4)47-34)39-36(43)19-16-27(3)46-29(5)40)15-18-35-37(44)38(24-45-38)22-32(48-35)21-30(41)12-10-8-7-9-11-13-31(42)23-49-6/h14-16,18-19,26-28,32-35,37,44H,7-13,17,20-24H2,1-6H3,(H,39,43)/b18-15+,19-16-,25-14+/t26-,27-,28+,32+,33+,34-,35+,37+,38-/m0/s1. The first-order valence-corrected chi connectivity index (χ1v) is 19.4. The zero-order valence-electron chi connectivity index (χ0n) is 30.3. The first kappa shape index (κ1) is 41.1. The monoisotopic (exact) mass is 705 g/mol. The van der Waals surface area contributed by atoms with Crippen LogP contribution in [-0.2, 0) is 38.1 Å². The van der Waals surface area contributed by atoms with Crippen LogP contribution in [0.4, 0.5) is 0 Å². The first-order valence-electron chi connectivity index (χ1n) is 18.0. The smallest absolute Gasteiger partial charge is 0.303 e. The average Bonchev–Trinajstić information content (AvgIpc) is 3.81. The number of esters is 1. The molecule has 0 aliphatic carbocycles. The molecule has 0 bridgehead atoms. The van der Waals surface area contributed by atoms with Crippen LogP contribution in [0.25, 0.3) is 0 Å². The summed E-state index contributed by atoms with van der Waals surface area (Å²) in [7, 11) is 0. The summed E-state index contributed by atoms with van der Waals surface area (Å²) >= 11 is 1.57. The Labute approximate surface area is 297 Å². The molecule has 3 rings (SSSR count). The van der Waals surface area contributed by atoms with Gasteiger partial charge >= 0.3 is 5.97 Å². The number of hydrogen-bond donors (Lipinski definition) is 2. The Morgan fingerprint density at radius 3 is 2.35 bits per heavy atom. The Balaban J connectivity index is 1.41. The second-order valence-electron chi connectivity index (χ2n) is 14.1. The summed E-state index contributed by atoms with van der Waals surface area (Å²) in [4.78, 5) is 47.9. The number of carbonyl (C=O) groups excluding carboxylic acids is 4. The number of aliphatic hydroxyl groups excluding tert-OH is 1. The van der Waals surface area contributed by atoms with E-state index in [-0.39, 0.29) is 42.0 Å². The fourth-order valence-corrected chi connectivity index (χ4v) is 7.12. The number of epoxide rings is 1. The van der Waals surface area contributed by atoms with Crippen molar-refractivity contribution < 1.29 is 43.2 Å². The highest BCUT2D eigenvalue weighted by Crippen LogP contribution is 2.43. The van der Waals surface area contributed by atoms with Gasteiger partial charge in [-0.3, -0.25) is 19.2 Å². The Morgan fingerprint density at radius 1 is 1.02 bits per heavy atom. The summed E-state index contributed by atoms with van der Waals surface area (Å²) in [6, 6.07) is -0.128. The van der Waals surface area contributed by atoms with Gasteiger partial charge in [-0.15, -0.1) is 0 Å². The molecule has 0 aromatic rings. The van der Waals surface area contributed by atoms with Gasteiger partial charge in [0.15, 0.2) is 0 Å². The zero-order chi connectivity index (χ0) is 36.0. The fraction of sp³-hybridized carbons (Fsp3) is 0.737. The molecule has 0 radical (unpaired) electrons. The van der Waals surface area contributed by atoms with E-state index >= 15 is 0 Å². The van der Waals surface area contributed by atoms with Gasteiger partial charge in [0.1, 0.15) is 35.5 Å². The molecule has 0 aromatic heterocycles. The number of ketones is 2. The number of unbranched alkanes of at least 4 members (excludes halogenated alkanes) is 4. The third-order valence-corrected chi connectivity index (χ3v) is 10.2. The highest BCUT2D eigenvalue weighted by atomic mass is 32.2. The Kier molecular flexibility index (Phi) is 17.2. The molecule has 0 unspecified atom stereocenters. The highest BCUT2D eigenvalue weighted by Gasteiger charge is 2.58. The molecule has 2 N–H and O–H groups in total. The Hall–Kier alpha value is -2.31. The van der Waals surface area contributed by atoms with Crippen LogP contribution in [0.5, 0.6) is 0 Å². The molecule has 11 heteroatoms. The number of nitrogens with one attached hydrogen (secondary N) is 1. The van der Waals surface area contributed by atoms with Crippen LogP contribution in [0.3, 0.4) is 0 Å². The van der Waals surface area contributed by atoms with E-state index in [1.807, 2.05) is 32.3 Å². The lowest BCUT2D eigenvalue weighted by Crippen LogP contribution is -2.50. The predicted octanol–water partition coefficient (Wildman–Crippen LogP) is 5.59.